The molecule has 0 unspecified atom stereocenters. The van der Waals surface area contributed by atoms with Crippen molar-refractivity contribution in [2.75, 3.05) is 12.3 Å². The number of rotatable bonds is 7. The van der Waals surface area contributed by atoms with E-state index in [1.54, 1.807) is 22.3 Å². The first-order chi connectivity index (χ1) is 17.9. The number of hydrogen-bond donors (Lipinski definition) is 0. The topological polar surface area (TPSA) is 0 Å². The fourth-order valence-electron chi connectivity index (χ4n) is 7.14. The normalized spacial score (nSPS) is 22.9. The smallest absolute Gasteiger partial charge is 0.358 e. The van der Waals surface area contributed by atoms with Crippen LogP contribution in [0, 0.1) is 14.9 Å². The van der Waals surface area contributed by atoms with E-state index in [1.807, 2.05) is 0 Å². The summed E-state index contributed by atoms with van der Waals surface area (Å²) in [5, 5.41) is 0. The predicted molar refractivity (Wildman–Crippen MR) is 174 cm³/mol. The van der Waals surface area contributed by atoms with Crippen LogP contribution in [0.25, 0.3) is 0 Å². The molecule has 6 rings (SSSR count). The molecule has 3 heteroatoms. The Labute approximate surface area is 253 Å². The maximum Gasteiger partial charge on any atom is 2.00 e. The summed E-state index contributed by atoms with van der Waals surface area (Å²) in [5.74, 6) is 0. The summed E-state index contributed by atoms with van der Waals surface area (Å²) in [7, 11) is -1.13. The maximum absolute atomic E-state index is 2.41. The van der Waals surface area contributed by atoms with Gasteiger partial charge < -0.3 is 14.9 Å². The molecule has 0 amide bonds. The van der Waals surface area contributed by atoms with Crippen LogP contribution in [0.2, 0.25) is 0 Å². The second-order valence-electron chi connectivity index (χ2n) is 10.7. The predicted octanol–water partition coefficient (Wildman–Crippen LogP) is 10.9. The first kappa shape index (κ1) is 31.9. The zero-order chi connectivity index (χ0) is 24.2. The van der Waals surface area contributed by atoms with Crippen LogP contribution < -0.4 is 0 Å². The summed E-state index contributed by atoms with van der Waals surface area (Å²) in [4.78, 5) is 0. The van der Waals surface area contributed by atoms with Gasteiger partial charge in [-0.3, -0.25) is 0 Å². The van der Waals surface area contributed by atoms with E-state index in [-0.39, 0.29) is 34.3 Å². The van der Waals surface area contributed by atoms with Gasteiger partial charge in [-0.05, 0) is 47.9 Å². The van der Waals surface area contributed by atoms with Gasteiger partial charge in [0.05, 0.1) is 35.0 Å². The maximum atomic E-state index is 2.41. The largest absolute Gasteiger partial charge is 2.00 e. The van der Waals surface area contributed by atoms with Crippen molar-refractivity contribution in [1.29, 1.82) is 0 Å². The average Bonchev–Trinajstić information content (AvgIpc) is 3.58. The van der Waals surface area contributed by atoms with Gasteiger partial charge in [-0.25, -0.2) is 0 Å². The number of benzene rings is 4. The summed E-state index contributed by atoms with van der Waals surface area (Å²) in [6.07, 6.45) is 8.39. The van der Waals surface area contributed by atoms with E-state index in [4.69, 9.17) is 0 Å². The quantitative estimate of drug-likeness (QED) is 0.107. The Balaban J connectivity index is 0.00000140. The molecule has 0 aliphatic carbocycles. The first-order valence-corrected chi connectivity index (χ1v) is 17.5. The summed E-state index contributed by atoms with van der Waals surface area (Å²) < 4.78 is 0. The average molecular weight is 642 g/mol. The van der Waals surface area contributed by atoms with Gasteiger partial charge in [0.1, 0.15) is 0 Å². The third kappa shape index (κ3) is 7.17. The van der Waals surface area contributed by atoms with Crippen LogP contribution in [0.15, 0.2) is 121 Å². The Hall–Kier alpha value is -1.64. The van der Waals surface area contributed by atoms with Gasteiger partial charge in [-0.1, -0.05) is 121 Å². The molecule has 0 N–H and O–H groups in total. The molecule has 4 aromatic rings. The molecule has 2 saturated heterocycles. The summed E-state index contributed by atoms with van der Waals surface area (Å²) in [6.45, 7) is 0. The molecule has 39 heavy (non-hydrogen) atoms. The van der Waals surface area contributed by atoms with Crippen LogP contribution in [0.1, 0.15) is 70.6 Å². The molecule has 2 aliphatic heterocycles. The van der Waals surface area contributed by atoms with E-state index >= 15 is 0 Å². The molecule has 0 saturated carbocycles. The van der Waals surface area contributed by atoms with Gasteiger partial charge in [0.25, 0.3) is 0 Å². The molecule has 1 radical (unpaired) electrons. The van der Waals surface area contributed by atoms with Gasteiger partial charge in [0.15, 0.2) is 0 Å². The van der Waals surface area contributed by atoms with Crippen molar-refractivity contribution >= 4 is 15.8 Å². The monoisotopic (exact) mass is 641 g/mol. The minimum absolute atomic E-state index is 0. The Kier molecular flexibility index (Phi) is 12.6. The van der Waals surface area contributed by atoms with Crippen molar-refractivity contribution in [3.8, 4) is 0 Å². The van der Waals surface area contributed by atoms with Crippen molar-refractivity contribution < 1.29 is 19.5 Å². The molecule has 0 nitrogen and oxygen atoms in total. The van der Waals surface area contributed by atoms with Crippen molar-refractivity contribution in [3.63, 3.8) is 0 Å². The minimum Gasteiger partial charge on any atom is -0.358 e. The van der Waals surface area contributed by atoms with Crippen molar-refractivity contribution in [1.82, 2.24) is 0 Å². The molecule has 4 aromatic carbocycles. The Bertz CT molecular complexity index is 1020. The van der Waals surface area contributed by atoms with Gasteiger partial charge in [0, 0.05) is 15.8 Å². The molecule has 4 atom stereocenters. The summed E-state index contributed by atoms with van der Waals surface area (Å²) in [6, 6.07) is 46.0. The summed E-state index contributed by atoms with van der Waals surface area (Å²) >= 11 is 0. The standard InChI is InChI=1S/C34H36P2.2CH3.Rh/c1-5-13-27(14-6-1)31-21-22-32(28-15-7-2-8-16-28)35(31)25-26-36-33(29-17-9-3-10-18-29)23-24-34(36)30-19-11-4-12-20-30;;;/h1-20,31-34H,21-26H2;2*1H3;/q;2*-1;+2/p+2/t31-,32-,33-,34-;;;/m0.../s1. The zero-order valence-corrected chi connectivity index (χ0v) is 27.1. The van der Waals surface area contributed by atoms with E-state index in [2.05, 4.69) is 121 Å². The Morgan fingerprint density at radius 2 is 0.590 bits per heavy atom. The SMILES string of the molecule is [CH3-].[CH3-].[Rh+2].c1ccc([C@@H]2CC[C@@H](c3ccccc3)[PH+]2CC[PH+]2[C@H](c3ccccc3)CC[C@H]2c2ccccc2)cc1. The van der Waals surface area contributed by atoms with Crippen LogP contribution in [0.3, 0.4) is 0 Å². The number of hydrogen-bond acceptors (Lipinski definition) is 0. The van der Waals surface area contributed by atoms with Crippen molar-refractivity contribution in [3.05, 3.63) is 158 Å². The van der Waals surface area contributed by atoms with E-state index in [9.17, 15) is 0 Å². The van der Waals surface area contributed by atoms with Gasteiger partial charge in [-0.15, -0.1) is 0 Å². The van der Waals surface area contributed by atoms with Crippen molar-refractivity contribution in [2.45, 2.75) is 48.3 Å². The molecule has 2 heterocycles. The zero-order valence-electron chi connectivity index (χ0n) is 23.4. The summed E-state index contributed by atoms with van der Waals surface area (Å²) in [5.41, 5.74) is 9.57. The van der Waals surface area contributed by atoms with Crippen molar-refractivity contribution in [2.24, 2.45) is 0 Å². The van der Waals surface area contributed by atoms with Gasteiger partial charge in [0.2, 0.25) is 0 Å². The minimum atomic E-state index is -0.564. The van der Waals surface area contributed by atoms with Crippen LogP contribution in [0.4, 0.5) is 0 Å². The molecule has 0 bridgehead atoms. The Morgan fingerprint density at radius 3 is 0.795 bits per heavy atom. The first-order valence-electron chi connectivity index (χ1n) is 13.8. The second-order valence-corrected chi connectivity index (χ2v) is 16.7. The fraction of sp³-hybridized carbons (Fsp3) is 0.278. The molecule has 2 aliphatic rings. The fourth-order valence-corrected chi connectivity index (χ4v) is 16.5. The van der Waals surface area contributed by atoms with Crippen LogP contribution in [-0.4, -0.2) is 12.3 Å². The molecule has 205 valence electrons. The van der Waals surface area contributed by atoms with Gasteiger partial charge >= 0.3 is 19.5 Å². The molecule has 0 spiro atoms. The van der Waals surface area contributed by atoms with E-state index in [0.717, 1.165) is 22.6 Å². The van der Waals surface area contributed by atoms with E-state index in [0.29, 0.717) is 0 Å². The third-order valence-electron chi connectivity index (χ3n) is 8.79. The van der Waals surface area contributed by atoms with Crippen LogP contribution >= 0.6 is 15.8 Å². The molecular weight excluding hydrogens is 597 g/mol. The van der Waals surface area contributed by atoms with Gasteiger partial charge in [-0.2, -0.15) is 0 Å². The third-order valence-corrected chi connectivity index (χ3v) is 17.0. The van der Waals surface area contributed by atoms with E-state index in [1.165, 1.54) is 38.0 Å². The molecular formula is C36H44P2Rh+2. The van der Waals surface area contributed by atoms with E-state index < -0.39 is 15.8 Å². The molecule has 2 fully saturated rings. The second kappa shape index (κ2) is 15.4. The molecule has 0 aromatic heterocycles. The van der Waals surface area contributed by atoms with Crippen LogP contribution in [-0.2, 0) is 19.5 Å². The van der Waals surface area contributed by atoms with Crippen LogP contribution in [0.5, 0.6) is 0 Å². The Morgan fingerprint density at radius 1 is 0.385 bits per heavy atom.